The fourth-order valence-electron chi connectivity index (χ4n) is 4.70. The number of hydrogen-bond acceptors (Lipinski definition) is 7. The average Bonchev–Trinajstić information content (AvgIpc) is 2.95. The van der Waals surface area contributed by atoms with Crippen LogP contribution in [0.3, 0.4) is 0 Å². The van der Waals surface area contributed by atoms with Gasteiger partial charge in [0.2, 0.25) is 5.91 Å². The number of aromatic nitrogens is 2. The molecule has 0 spiro atoms. The van der Waals surface area contributed by atoms with Gasteiger partial charge in [-0.2, -0.15) is 10.6 Å². The molecule has 0 aliphatic heterocycles. The number of nitrogens with one attached hydrogen (secondary N) is 3. The van der Waals surface area contributed by atoms with Gasteiger partial charge in [0, 0.05) is 46.9 Å². The van der Waals surface area contributed by atoms with Gasteiger partial charge in [-0.3, -0.25) is 10.2 Å². The Morgan fingerprint density at radius 2 is 1.82 bits per heavy atom. The Labute approximate surface area is 236 Å². The first-order valence-corrected chi connectivity index (χ1v) is 14.1. The summed E-state index contributed by atoms with van der Waals surface area (Å²) in [7, 11) is 0. The fourth-order valence-corrected chi connectivity index (χ4v) is 5.49. The van der Waals surface area contributed by atoms with Crippen molar-refractivity contribution in [1.82, 2.24) is 20.6 Å². The number of benzene rings is 3. The van der Waals surface area contributed by atoms with E-state index in [1.807, 2.05) is 48.5 Å². The number of carbonyl (C=O) groups excluding carboxylic acids is 1. The van der Waals surface area contributed by atoms with Crippen LogP contribution in [-0.4, -0.2) is 28.8 Å². The molecule has 1 aromatic heterocycles. The van der Waals surface area contributed by atoms with Crippen LogP contribution < -0.4 is 16.3 Å². The molecule has 0 unspecified atom stereocenters. The first-order chi connectivity index (χ1) is 19.1. The van der Waals surface area contributed by atoms with Gasteiger partial charge >= 0.3 is 0 Å². The highest BCUT2D eigenvalue weighted by Gasteiger charge is 2.18. The molecule has 202 valence electrons. The molecule has 1 aliphatic rings. The summed E-state index contributed by atoms with van der Waals surface area (Å²) < 4.78 is 6.93. The van der Waals surface area contributed by atoms with E-state index in [1.54, 1.807) is 4.68 Å². The Kier molecular flexibility index (Phi) is 9.28. The van der Waals surface area contributed by atoms with Crippen LogP contribution in [0, 0.1) is 5.41 Å². The van der Waals surface area contributed by atoms with Gasteiger partial charge in [0.05, 0.1) is 17.7 Å². The van der Waals surface area contributed by atoms with E-state index in [0.29, 0.717) is 43.0 Å². The maximum atomic E-state index is 12.2. The van der Waals surface area contributed by atoms with Crippen molar-refractivity contribution in [3.8, 4) is 11.3 Å². The van der Waals surface area contributed by atoms with Gasteiger partial charge in [0.25, 0.3) is 0 Å². The molecule has 10 heteroatoms. The standard InChI is InChI=1S/C29H30ClN5O3S/c30-25-11-5-10-24-23(25)9-6-12-26(24)39-38-37-33-17-16-32-28(36)13-3-4-18-35-27(31)19-21-15-14-20-7-1-2-8-22(20)29(21)34-35/h1-2,5-12,19,31,33H,3-4,13-18H2,(H,32,36). The summed E-state index contributed by atoms with van der Waals surface area (Å²) in [6.45, 7) is 1.41. The molecule has 8 nitrogen and oxygen atoms in total. The summed E-state index contributed by atoms with van der Waals surface area (Å²) in [4.78, 5) is 18.1. The number of amides is 1. The molecule has 0 saturated heterocycles. The molecule has 3 N–H and O–H groups in total. The van der Waals surface area contributed by atoms with Crippen LogP contribution in [0.1, 0.15) is 30.4 Å². The van der Waals surface area contributed by atoms with Gasteiger partial charge in [-0.15, -0.1) is 9.32 Å². The van der Waals surface area contributed by atoms with Gasteiger partial charge in [0.15, 0.2) is 0 Å². The molecule has 1 amide bonds. The molecule has 0 bridgehead atoms. The fraction of sp³-hybridized carbons (Fsp3) is 0.276. The predicted molar refractivity (Wildman–Crippen MR) is 153 cm³/mol. The molecule has 1 aliphatic carbocycles. The number of hydroxylamine groups is 1. The van der Waals surface area contributed by atoms with E-state index in [4.69, 9.17) is 31.4 Å². The molecule has 0 atom stereocenters. The zero-order valence-corrected chi connectivity index (χ0v) is 23.0. The maximum absolute atomic E-state index is 12.2. The number of unbranched alkanes of at least 4 members (excludes halogenated alkanes) is 1. The third-order valence-electron chi connectivity index (χ3n) is 6.67. The normalized spacial score (nSPS) is 12.2. The van der Waals surface area contributed by atoms with E-state index in [9.17, 15) is 4.79 Å². The summed E-state index contributed by atoms with van der Waals surface area (Å²) in [5.74, 6) is -0.0249. The van der Waals surface area contributed by atoms with Crippen molar-refractivity contribution in [2.24, 2.45) is 0 Å². The maximum Gasteiger partial charge on any atom is 0.220 e. The smallest absolute Gasteiger partial charge is 0.220 e. The molecule has 3 aromatic carbocycles. The van der Waals surface area contributed by atoms with E-state index in [0.717, 1.165) is 63.8 Å². The second-order valence-electron chi connectivity index (χ2n) is 9.31. The lowest BCUT2D eigenvalue weighted by molar-refractivity contribution is -0.244. The lowest BCUT2D eigenvalue weighted by Gasteiger charge is -2.20. The van der Waals surface area contributed by atoms with Gasteiger partial charge in [-0.05, 0) is 60.4 Å². The van der Waals surface area contributed by atoms with Crippen LogP contribution in [0.2, 0.25) is 5.02 Å². The summed E-state index contributed by atoms with van der Waals surface area (Å²) in [6.07, 6.45) is 3.79. The Balaban J connectivity index is 0.973. The van der Waals surface area contributed by atoms with Crippen molar-refractivity contribution >= 4 is 40.3 Å². The van der Waals surface area contributed by atoms with Crippen molar-refractivity contribution in [1.29, 1.82) is 5.41 Å². The lowest BCUT2D eigenvalue weighted by Crippen LogP contribution is -2.31. The number of fused-ring (bicyclic) bond motifs is 4. The molecule has 0 radical (unpaired) electrons. The molecule has 1 heterocycles. The van der Waals surface area contributed by atoms with Crippen LogP contribution in [0.4, 0.5) is 0 Å². The second-order valence-corrected chi connectivity index (χ2v) is 10.5. The quantitative estimate of drug-likeness (QED) is 0.0925. The Morgan fingerprint density at radius 3 is 2.74 bits per heavy atom. The third kappa shape index (κ3) is 6.87. The molecule has 39 heavy (non-hydrogen) atoms. The minimum Gasteiger partial charge on any atom is -0.355 e. The van der Waals surface area contributed by atoms with Gasteiger partial charge in [-0.1, -0.05) is 60.1 Å². The first kappa shape index (κ1) is 27.4. The number of nitrogens with zero attached hydrogens (tertiary/aromatic N) is 2. The van der Waals surface area contributed by atoms with Crippen molar-refractivity contribution in [3.05, 3.63) is 88.4 Å². The Bertz CT molecular complexity index is 1530. The number of halogens is 1. The topological polar surface area (TPSA) is 101 Å². The monoisotopic (exact) mass is 563 g/mol. The van der Waals surface area contributed by atoms with Gasteiger partial charge in [0.1, 0.15) is 5.49 Å². The molecular formula is C29H30ClN5O3S. The van der Waals surface area contributed by atoms with Crippen molar-refractivity contribution in [2.45, 2.75) is 43.5 Å². The third-order valence-corrected chi connectivity index (χ3v) is 7.67. The van der Waals surface area contributed by atoms with E-state index in [-0.39, 0.29) is 5.91 Å². The molecular weight excluding hydrogens is 534 g/mol. The zero-order chi connectivity index (χ0) is 27.0. The molecule has 0 saturated carbocycles. The summed E-state index contributed by atoms with van der Waals surface area (Å²) in [6, 6.07) is 21.8. The summed E-state index contributed by atoms with van der Waals surface area (Å²) in [5, 5.41) is 18.6. The van der Waals surface area contributed by atoms with Gasteiger partial charge < -0.3 is 5.32 Å². The average molecular weight is 564 g/mol. The molecule has 0 fully saturated rings. The van der Waals surface area contributed by atoms with Crippen LogP contribution in [-0.2, 0) is 33.5 Å². The highest BCUT2D eigenvalue weighted by molar-refractivity contribution is 7.94. The van der Waals surface area contributed by atoms with Crippen LogP contribution >= 0.6 is 23.6 Å². The summed E-state index contributed by atoms with van der Waals surface area (Å²) >= 11 is 7.33. The lowest BCUT2D eigenvalue weighted by atomic mass is 9.89. The highest BCUT2D eigenvalue weighted by Crippen LogP contribution is 2.32. The summed E-state index contributed by atoms with van der Waals surface area (Å²) in [5.41, 5.74) is 7.67. The molecule has 5 rings (SSSR count). The number of rotatable bonds is 12. The van der Waals surface area contributed by atoms with Gasteiger partial charge in [-0.25, -0.2) is 4.68 Å². The van der Waals surface area contributed by atoms with E-state index >= 15 is 0 Å². The minimum absolute atomic E-state index is 0.0249. The van der Waals surface area contributed by atoms with Crippen LogP contribution in [0.25, 0.3) is 22.0 Å². The second kappa shape index (κ2) is 13.2. The van der Waals surface area contributed by atoms with E-state index in [1.165, 1.54) is 5.56 Å². The van der Waals surface area contributed by atoms with Crippen LogP contribution in [0.5, 0.6) is 0 Å². The minimum atomic E-state index is -0.0249. The highest BCUT2D eigenvalue weighted by atomic mass is 35.5. The van der Waals surface area contributed by atoms with E-state index < -0.39 is 0 Å². The Morgan fingerprint density at radius 1 is 1.00 bits per heavy atom. The number of aryl methyl sites for hydroxylation is 3. The zero-order valence-electron chi connectivity index (χ0n) is 21.4. The number of hydrogen-bond donors (Lipinski definition) is 3. The van der Waals surface area contributed by atoms with Crippen molar-refractivity contribution < 1.29 is 14.1 Å². The predicted octanol–water partition coefficient (Wildman–Crippen LogP) is 5.38. The van der Waals surface area contributed by atoms with Crippen LogP contribution in [0.15, 0.2) is 71.6 Å². The van der Waals surface area contributed by atoms with Crippen molar-refractivity contribution in [3.63, 3.8) is 0 Å². The van der Waals surface area contributed by atoms with Crippen molar-refractivity contribution in [2.75, 3.05) is 13.1 Å². The number of carbonyl (C=O) groups is 1. The largest absolute Gasteiger partial charge is 0.355 e. The van der Waals surface area contributed by atoms with E-state index in [2.05, 4.69) is 29.0 Å². The molecule has 4 aromatic rings. The SMILES string of the molecule is N=c1cc2c(nn1CCCCC(=O)NCCNOOSc1cccc3c(Cl)cccc13)-c1ccccc1CC2. The Hall–Kier alpha value is -3.21. The first-order valence-electron chi connectivity index (χ1n) is 13.0.